The topological polar surface area (TPSA) is 102 Å². The number of methoxy groups -OCH3 is 2. The second-order valence-electron chi connectivity index (χ2n) is 3.37. The summed E-state index contributed by atoms with van der Waals surface area (Å²) in [5.74, 6) is -3.58. The summed E-state index contributed by atoms with van der Waals surface area (Å²) in [5, 5.41) is 18.2. The Morgan fingerprint density at radius 2 is 1.88 bits per heavy atom. The SMILES string of the molecule is COCCOCC(O)CC(C(=O)O)C(=O)OC. The van der Waals surface area contributed by atoms with Crippen molar-refractivity contribution >= 4 is 11.9 Å². The van der Waals surface area contributed by atoms with Gasteiger partial charge in [0.25, 0.3) is 0 Å². The minimum atomic E-state index is -1.37. The lowest BCUT2D eigenvalue weighted by Crippen LogP contribution is -2.31. The van der Waals surface area contributed by atoms with Crippen LogP contribution < -0.4 is 0 Å². The molecule has 0 aliphatic carbocycles. The van der Waals surface area contributed by atoms with Gasteiger partial charge in [-0.25, -0.2) is 0 Å². The molecule has 0 aromatic heterocycles. The van der Waals surface area contributed by atoms with Gasteiger partial charge in [-0.2, -0.15) is 0 Å². The van der Waals surface area contributed by atoms with Crippen LogP contribution in [0.1, 0.15) is 6.42 Å². The molecule has 2 N–H and O–H groups in total. The second-order valence-corrected chi connectivity index (χ2v) is 3.37. The van der Waals surface area contributed by atoms with Crippen LogP contribution in [0.3, 0.4) is 0 Å². The van der Waals surface area contributed by atoms with Gasteiger partial charge in [0.1, 0.15) is 0 Å². The van der Waals surface area contributed by atoms with Gasteiger partial charge in [0.2, 0.25) is 0 Å². The summed E-state index contributed by atoms with van der Waals surface area (Å²) >= 11 is 0. The molecule has 2 atom stereocenters. The molecule has 0 saturated carbocycles. The third-order valence-electron chi connectivity index (χ3n) is 2.03. The van der Waals surface area contributed by atoms with E-state index in [1.165, 1.54) is 7.11 Å². The van der Waals surface area contributed by atoms with E-state index in [-0.39, 0.29) is 13.0 Å². The highest BCUT2D eigenvalue weighted by molar-refractivity contribution is 5.93. The van der Waals surface area contributed by atoms with Crippen LogP contribution in [0.15, 0.2) is 0 Å². The highest BCUT2D eigenvalue weighted by atomic mass is 16.5. The fraction of sp³-hybridized carbons (Fsp3) is 0.800. The zero-order chi connectivity index (χ0) is 13.3. The van der Waals surface area contributed by atoms with Crippen molar-refractivity contribution in [3.63, 3.8) is 0 Å². The van der Waals surface area contributed by atoms with E-state index in [1.54, 1.807) is 0 Å². The average molecular weight is 250 g/mol. The molecule has 0 aliphatic rings. The van der Waals surface area contributed by atoms with Crippen molar-refractivity contribution in [1.82, 2.24) is 0 Å². The van der Waals surface area contributed by atoms with E-state index < -0.39 is 24.0 Å². The third-order valence-corrected chi connectivity index (χ3v) is 2.03. The Morgan fingerprint density at radius 1 is 1.24 bits per heavy atom. The number of rotatable bonds is 9. The molecule has 7 nitrogen and oxygen atoms in total. The van der Waals surface area contributed by atoms with Crippen molar-refractivity contribution in [2.24, 2.45) is 5.92 Å². The number of carbonyl (C=O) groups is 2. The smallest absolute Gasteiger partial charge is 0.320 e. The Kier molecular flexibility index (Phi) is 8.29. The molecule has 7 heteroatoms. The summed E-state index contributed by atoms with van der Waals surface area (Å²) in [4.78, 5) is 21.8. The molecule has 0 aliphatic heterocycles. The molecule has 2 unspecified atom stereocenters. The number of esters is 1. The second kappa shape index (κ2) is 8.91. The minimum absolute atomic E-state index is 0.0515. The fourth-order valence-electron chi connectivity index (χ4n) is 1.14. The Balaban J connectivity index is 4.00. The Hall–Kier alpha value is -1.18. The van der Waals surface area contributed by atoms with Crippen LogP contribution in [-0.4, -0.2) is 62.3 Å². The lowest BCUT2D eigenvalue weighted by atomic mass is 10.0. The van der Waals surface area contributed by atoms with Gasteiger partial charge in [-0.3, -0.25) is 9.59 Å². The first-order chi connectivity index (χ1) is 8.02. The first-order valence-corrected chi connectivity index (χ1v) is 5.08. The van der Waals surface area contributed by atoms with Crippen LogP contribution in [0.4, 0.5) is 0 Å². The Labute approximate surface area is 99.3 Å². The first kappa shape index (κ1) is 15.8. The largest absolute Gasteiger partial charge is 0.481 e. The molecule has 0 bridgehead atoms. The van der Waals surface area contributed by atoms with Gasteiger partial charge in [0.15, 0.2) is 5.92 Å². The number of carboxylic acid groups (broad SMARTS) is 1. The summed E-state index contributed by atoms with van der Waals surface area (Å²) < 4.78 is 14.1. The van der Waals surface area contributed by atoms with E-state index in [4.69, 9.17) is 14.6 Å². The quantitative estimate of drug-likeness (QED) is 0.316. The zero-order valence-corrected chi connectivity index (χ0v) is 9.92. The molecule has 0 saturated heterocycles. The van der Waals surface area contributed by atoms with E-state index in [2.05, 4.69) is 4.74 Å². The molecule has 0 radical (unpaired) electrons. The molecule has 0 aromatic rings. The predicted molar refractivity (Wildman–Crippen MR) is 56.5 cm³/mol. The van der Waals surface area contributed by atoms with E-state index >= 15 is 0 Å². The molecule has 0 amide bonds. The van der Waals surface area contributed by atoms with E-state index in [1.807, 2.05) is 0 Å². The maximum atomic E-state index is 11.1. The lowest BCUT2D eigenvalue weighted by molar-refractivity contribution is -0.158. The number of aliphatic carboxylic acids is 1. The van der Waals surface area contributed by atoms with Gasteiger partial charge in [-0.05, 0) is 6.42 Å². The van der Waals surface area contributed by atoms with E-state index in [0.717, 1.165) is 7.11 Å². The number of ether oxygens (including phenoxy) is 3. The van der Waals surface area contributed by atoms with Gasteiger partial charge < -0.3 is 24.4 Å². The highest BCUT2D eigenvalue weighted by Gasteiger charge is 2.29. The highest BCUT2D eigenvalue weighted by Crippen LogP contribution is 2.10. The molecule has 0 heterocycles. The molecule has 100 valence electrons. The lowest BCUT2D eigenvalue weighted by Gasteiger charge is -2.15. The van der Waals surface area contributed by atoms with Gasteiger partial charge in [0.05, 0.1) is 33.0 Å². The average Bonchev–Trinajstić information content (AvgIpc) is 2.30. The number of carbonyl (C=O) groups excluding carboxylic acids is 1. The molecule has 0 spiro atoms. The summed E-state index contributed by atoms with van der Waals surface area (Å²) in [6.07, 6.45) is -1.28. The summed E-state index contributed by atoms with van der Waals surface area (Å²) in [6, 6.07) is 0. The monoisotopic (exact) mass is 250 g/mol. The van der Waals surface area contributed by atoms with Gasteiger partial charge in [-0.1, -0.05) is 0 Å². The number of hydrogen-bond acceptors (Lipinski definition) is 6. The van der Waals surface area contributed by atoms with Crippen molar-refractivity contribution in [1.29, 1.82) is 0 Å². The maximum absolute atomic E-state index is 11.1. The maximum Gasteiger partial charge on any atom is 0.320 e. The van der Waals surface area contributed by atoms with Crippen LogP contribution in [0, 0.1) is 5.92 Å². The molecule has 0 fully saturated rings. The van der Waals surface area contributed by atoms with Crippen molar-refractivity contribution in [2.45, 2.75) is 12.5 Å². The minimum Gasteiger partial charge on any atom is -0.481 e. The number of aliphatic hydroxyl groups is 1. The van der Waals surface area contributed by atoms with Crippen LogP contribution >= 0.6 is 0 Å². The van der Waals surface area contributed by atoms with Gasteiger partial charge in [-0.15, -0.1) is 0 Å². The number of hydrogen-bond donors (Lipinski definition) is 2. The van der Waals surface area contributed by atoms with Crippen LogP contribution in [-0.2, 0) is 23.8 Å². The predicted octanol–water partition coefficient (Wildman–Crippen LogP) is -0.726. The van der Waals surface area contributed by atoms with E-state index in [0.29, 0.717) is 13.2 Å². The summed E-state index contributed by atoms with van der Waals surface area (Å²) in [5.41, 5.74) is 0. The van der Waals surface area contributed by atoms with E-state index in [9.17, 15) is 14.7 Å². The number of carboxylic acids is 1. The zero-order valence-electron chi connectivity index (χ0n) is 9.92. The normalized spacial score (nSPS) is 14.1. The van der Waals surface area contributed by atoms with Crippen molar-refractivity contribution in [3.05, 3.63) is 0 Å². The summed E-state index contributed by atoms with van der Waals surface area (Å²) in [7, 11) is 2.61. The van der Waals surface area contributed by atoms with Gasteiger partial charge in [0, 0.05) is 7.11 Å². The molecule has 17 heavy (non-hydrogen) atoms. The first-order valence-electron chi connectivity index (χ1n) is 5.08. The molecule has 0 aromatic carbocycles. The van der Waals surface area contributed by atoms with Crippen LogP contribution in [0.2, 0.25) is 0 Å². The third kappa shape index (κ3) is 6.88. The van der Waals surface area contributed by atoms with Gasteiger partial charge >= 0.3 is 11.9 Å². The molecular weight excluding hydrogens is 232 g/mol. The van der Waals surface area contributed by atoms with Crippen molar-refractivity contribution in [3.8, 4) is 0 Å². The van der Waals surface area contributed by atoms with Crippen LogP contribution in [0.5, 0.6) is 0 Å². The van der Waals surface area contributed by atoms with Crippen LogP contribution in [0.25, 0.3) is 0 Å². The molecular formula is C10H18O7. The summed E-state index contributed by atoms with van der Waals surface area (Å²) in [6.45, 7) is 0.625. The Bertz CT molecular complexity index is 241. The fourth-order valence-corrected chi connectivity index (χ4v) is 1.14. The Morgan fingerprint density at radius 3 is 2.35 bits per heavy atom. The van der Waals surface area contributed by atoms with Crippen molar-refractivity contribution < 1.29 is 34.0 Å². The standard InChI is InChI=1S/C10H18O7/c1-15-3-4-17-6-7(11)5-8(9(12)13)10(14)16-2/h7-8,11H,3-6H2,1-2H3,(H,12,13). The number of aliphatic hydroxyl groups excluding tert-OH is 1. The molecule has 0 rings (SSSR count). The van der Waals surface area contributed by atoms with Crippen molar-refractivity contribution in [2.75, 3.05) is 34.0 Å².